The molecule has 0 radical (unpaired) electrons. The Kier molecular flexibility index (Phi) is 4.46. The van der Waals surface area contributed by atoms with Crippen LogP contribution in [0.4, 0.5) is 0 Å². The average molecular weight is 443 g/mol. The van der Waals surface area contributed by atoms with Gasteiger partial charge in [-0.1, -0.05) is 48.5 Å². The molecule has 32 heavy (non-hydrogen) atoms. The summed E-state index contributed by atoms with van der Waals surface area (Å²) in [5, 5.41) is 10.9. The minimum Gasteiger partial charge on any atom is -0.393 e. The van der Waals surface area contributed by atoms with Gasteiger partial charge in [-0.3, -0.25) is 0 Å². The fraction of sp³-hybridized carbons (Fsp3) is 1.00. The lowest BCUT2D eigenvalue weighted by Crippen LogP contribution is -2.67. The molecule has 6 rings (SSSR count). The lowest BCUT2D eigenvalue weighted by Gasteiger charge is -2.73. The van der Waals surface area contributed by atoms with E-state index in [9.17, 15) is 5.11 Å². The third-order valence-electron chi connectivity index (χ3n) is 14.1. The molecule has 0 aromatic rings. The fourth-order valence-corrected chi connectivity index (χ4v) is 12.0. The van der Waals surface area contributed by atoms with Crippen LogP contribution in [0.15, 0.2) is 0 Å². The first-order chi connectivity index (χ1) is 14.8. The lowest BCUT2D eigenvalue weighted by atomic mass is 9.31. The third kappa shape index (κ3) is 2.41. The normalized spacial score (nSPS) is 60.0. The van der Waals surface area contributed by atoms with Crippen molar-refractivity contribution in [2.75, 3.05) is 6.61 Å². The van der Waals surface area contributed by atoms with E-state index in [1.165, 1.54) is 57.8 Å². The second kappa shape index (κ2) is 6.37. The van der Waals surface area contributed by atoms with Gasteiger partial charge in [-0.25, -0.2) is 0 Å². The van der Waals surface area contributed by atoms with Crippen molar-refractivity contribution in [1.29, 1.82) is 0 Å². The van der Waals surface area contributed by atoms with Gasteiger partial charge in [0.1, 0.15) is 0 Å². The van der Waals surface area contributed by atoms with Gasteiger partial charge in [-0.05, 0) is 120 Å². The van der Waals surface area contributed by atoms with E-state index >= 15 is 0 Å². The van der Waals surface area contributed by atoms with Gasteiger partial charge in [-0.2, -0.15) is 0 Å². The Bertz CT molecular complexity index is 801. The van der Waals surface area contributed by atoms with Gasteiger partial charge in [0.15, 0.2) is 0 Å². The maximum absolute atomic E-state index is 10.9. The average Bonchev–Trinajstić information content (AvgIpc) is 3.05. The molecule has 1 N–H and O–H groups in total. The second-order valence-electron chi connectivity index (χ2n) is 15.7. The first-order valence-corrected chi connectivity index (χ1v) is 14.1. The van der Waals surface area contributed by atoms with Crippen molar-refractivity contribution in [2.45, 2.75) is 125 Å². The summed E-state index contributed by atoms with van der Waals surface area (Å²) in [6.07, 6.45) is 13.7. The zero-order valence-corrected chi connectivity index (χ0v) is 22.1. The highest BCUT2D eigenvalue weighted by Crippen LogP contribution is 2.78. The molecule has 2 bridgehead atoms. The molecule has 1 saturated heterocycles. The number of ether oxygens (including phenoxy) is 1. The predicted octanol–water partition coefficient (Wildman–Crippen LogP) is 7.24. The number of fused-ring (bicyclic) bond motifs is 5. The van der Waals surface area contributed by atoms with E-state index in [0.29, 0.717) is 39.1 Å². The smallest absolute Gasteiger partial charge is 0.0663 e. The van der Waals surface area contributed by atoms with Crippen LogP contribution in [0.2, 0.25) is 0 Å². The van der Waals surface area contributed by atoms with Crippen LogP contribution >= 0.6 is 0 Å². The molecule has 0 aromatic carbocycles. The largest absolute Gasteiger partial charge is 0.393 e. The van der Waals surface area contributed by atoms with Gasteiger partial charge in [-0.15, -0.1) is 0 Å². The number of hydrogen-bond acceptors (Lipinski definition) is 2. The standard InChI is InChI=1S/C30H50O2/c1-25(2)14-16-30-17-15-28(6)19(23(30)24(25)32-18-30)8-9-21-27(5)12-11-22(31)26(3,4)20(27)10-13-29(21,28)7/h19-24,31H,8-18H2,1-7H3/t19?,20?,21?,22-,23?,24?,27-,28+,29+,30?/m0/s1. The number of aliphatic hydroxyl groups excluding tert-OH is 1. The van der Waals surface area contributed by atoms with Crippen LogP contribution in [0, 0.1) is 56.2 Å². The molecule has 1 aliphatic heterocycles. The van der Waals surface area contributed by atoms with E-state index in [1.54, 1.807) is 0 Å². The molecule has 0 aromatic heterocycles. The van der Waals surface area contributed by atoms with Crippen LogP contribution in [-0.2, 0) is 4.74 Å². The topological polar surface area (TPSA) is 29.5 Å². The Morgan fingerprint density at radius 2 is 1.41 bits per heavy atom. The summed E-state index contributed by atoms with van der Waals surface area (Å²) in [5.41, 5.74) is 2.16. The molecule has 5 aliphatic carbocycles. The summed E-state index contributed by atoms with van der Waals surface area (Å²) >= 11 is 0. The van der Waals surface area contributed by atoms with E-state index < -0.39 is 0 Å². The van der Waals surface area contributed by atoms with Crippen molar-refractivity contribution < 1.29 is 9.84 Å². The van der Waals surface area contributed by atoms with E-state index in [0.717, 1.165) is 30.8 Å². The van der Waals surface area contributed by atoms with Crippen LogP contribution in [-0.4, -0.2) is 23.9 Å². The molecular weight excluding hydrogens is 392 g/mol. The molecule has 6 fully saturated rings. The molecule has 0 spiro atoms. The highest BCUT2D eigenvalue weighted by Gasteiger charge is 2.72. The van der Waals surface area contributed by atoms with E-state index in [2.05, 4.69) is 48.5 Å². The predicted molar refractivity (Wildman–Crippen MR) is 130 cm³/mol. The van der Waals surface area contributed by atoms with Crippen LogP contribution in [0.1, 0.15) is 113 Å². The molecule has 0 amide bonds. The zero-order valence-electron chi connectivity index (χ0n) is 22.1. The Morgan fingerprint density at radius 1 is 0.688 bits per heavy atom. The zero-order chi connectivity index (χ0) is 22.9. The molecule has 182 valence electrons. The second-order valence-corrected chi connectivity index (χ2v) is 15.7. The molecule has 10 atom stereocenters. The van der Waals surface area contributed by atoms with E-state index in [4.69, 9.17) is 4.74 Å². The van der Waals surface area contributed by atoms with Gasteiger partial charge < -0.3 is 9.84 Å². The quantitative estimate of drug-likeness (QED) is 0.428. The Balaban J connectivity index is 1.39. The Hall–Kier alpha value is -0.0800. The molecule has 2 nitrogen and oxygen atoms in total. The number of rotatable bonds is 0. The SMILES string of the molecule is CC1(C)CCC23CC[C@]4(C)C(CCC5[C@@]6(C)CC[C@H](O)C(C)(C)C6CC[C@]54C)C2C1OC3. The monoisotopic (exact) mass is 442 g/mol. The Labute approximate surface area is 197 Å². The van der Waals surface area contributed by atoms with Crippen molar-refractivity contribution in [3.05, 3.63) is 0 Å². The van der Waals surface area contributed by atoms with Gasteiger partial charge in [0.2, 0.25) is 0 Å². The lowest BCUT2D eigenvalue weighted by molar-refractivity contribution is -0.252. The highest BCUT2D eigenvalue weighted by molar-refractivity contribution is 5.21. The molecule has 5 saturated carbocycles. The first kappa shape index (κ1) is 22.4. The Morgan fingerprint density at radius 3 is 2.16 bits per heavy atom. The maximum atomic E-state index is 10.9. The van der Waals surface area contributed by atoms with Crippen molar-refractivity contribution in [3.8, 4) is 0 Å². The summed E-state index contributed by atoms with van der Waals surface area (Å²) in [5.74, 6) is 3.11. The molecule has 2 heteroatoms. The van der Waals surface area contributed by atoms with E-state index in [1.807, 2.05) is 0 Å². The molecule has 6 unspecified atom stereocenters. The third-order valence-corrected chi connectivity index (χ3v) is 14.1. The number of hydrogen-bond donors (Lipinski definition) is 1. The summed E-state index contributed by atoms with van der Waals surface area (Å²) in [6.45, 7) is 18.9. The van der Waals surface area contributed by atoms with Crippen LogP contribution in [0.5, 0.6) is 0 Å². The highest BCUT2D eigenvalue weighted by atomic mass is 16.5. The van der Waals surface area contributed by atoms with Crippen LogP contribution < -0.4 is 0 Å². The van der Waals surface area contributed by atoms with Crippen LogP contribution in [0.3, 0.4) is 0 Å². The van der Waals surface area contributed by atoms with Crippen molar-refractivity contribution >= 4 is 0 Å². The summed E-state index contributed by atoms with van der Waals surface area (Å²) < 4.78 is 6.71. The van der Waals surface area contributed by atoms with Crippen molar-refractivity contribution in [1.82, 2.24) is 0 Å². The molecule has 1 heterocycles. The minimum atomic E-state index is -0.122. The van der Waals surface area contributed by atoms with E-state index in [-0.39, 0.29) is 11.5 Å². The van der Waals surface area contributed by atoms with Gasteiger partial charge >= 0.3 is 0 Å². The molecule has 6 aliphatic rings. The van der Waals surface area contributed by atoms with Gasteiger partial charge in [0.25, 0.3) is 0 Å². The number of aliphatic hydroxyl groups is 1. The maximum Gasteiger partial charge on any atom is 0.0663 e. The summed E-state index contributed by atoms with van der Waals surface area (Å²) in [4.78, 5) is 0. The fourth-order valence-electron chi connectivity index (χ4n) is 12.0. The molecular formula is C30H50O2. The van der Waals surface area contributed by atoms with Crippen LogP contribution in [0.25, 0.3) is 0 Å². The van der Waals surface area contributed by atoms with Crippen molar-refractivity contribution in [2.24, 2.45) is 56.2 Å². The summed E-state index contributed by atoms with van der Waals surface area (Å²) in [7, 11) is 0. The van der Waals surface area contributed by atoms with Gasteiger partial charge in [0, 0.05) is 0 Å². The minimum absolute atomic E-state index is 0.0586. The van der Waals surface area contributed by atoms with Crippen molar-refractivity contribution in [3.63, 3.8) is 0 Å². The van der Waals surface area contributed by atoms with Gasteiger partial charge in [0.05, 0.1) is 18.8 Å². The summed E-state index contributed by atoms with van der Waals surface area (Å²) in [6, 6.07) is 0. The first-order valence-electron chi connectivity index (χ1n) is 14.1.